The molecule has 2 unspecified atom stereocenters. The van der Waals surface area contributed by atoms with E-state index in [1.54, 1.807) is 18.3 Å². The van der Waals surface area contributed by atoms with Gasteiger partial charge in [0.05, 0.1) is 29.9 Å². The third-order valence-electron chi connectivity index (χ3n) is 5.27. The monoisotopic (exact) mass is 408 g/mol. The molecular formula is C22H21ClN4O2. The highest BCUT2D eigenvalue weighted by molar-refractivity contribution is 6.30. The van der Waals surface area contributed by atoms with E-state index in [1.165, 1.54) is 10.9 Å². The molecule has 3 aromatic rings. The molecule has 3 N–H and O–H groups in total. The molecule has 0 saturated heterocycles. The second kappa shape index (κ2) is 7.81. The fraction of sp³-hybridized carbons (Fsp3) is 0.227. The highest BCUT2D eigenvalue weighted by Gasteiger charge is 2.21. The Kier molecular flexibility index (Phi) is 5.22. The van der Waals surface area contributed by atoms with Crippen LogP contribution in [-0.2, 0) is 0 Å². The van der Waals surface area contributed by atoms with Gasteiger partial charge in [-0.25, -0.2) is 9.97 Å². The van der Waals surface area contributed by atoms with Gasteiger partial charge in [0.15, 0.2) is 0 Å². The zero-order valence-electron chi connectivity index (χ0n) is 15.9. The number of nitrogens with zero attached hydrogens (tertiary/aromatic N) is 3. The van der Waals surface area contributed by atoms with Gasteiger partial charge in [0.1, 0.15) is 5.82 Å². The van der Waals surface area contributed by atoms with Crippen LogP contribution in [0.3, 0.4) is 0 Å². The Morgan fingerprint density at radius 2 is 2.07 bits per heavy atom. The SMILES string of the molecule is CC1CC=C(C(CO)n2cnc3cc(-c4ccnc(N)c4)ccc3c2=O)C=C1Cl. The maximum atomic E-state index is 13.1. The van der Waals surface area contributed by atoms with Gasteiger partial charge in [-0.2, -0.15) is 0 Å². The topological polar surface area (TPSA) is 94.0 Å². The number of fused-ring (bicyclic) bond motifs is 1. The van der Waals surface area contributed by atoms with Crippen LogP contribution in [-0.4, -0.2) is 26.2 Å². The predicted molar refractivity (Wildman–Crippen MR) is 116 cm³/mol. The Morgan fingerprint density at radius 1 is 1.28 bits per heavy atom. The quantitative estimate of drug-likeness (QED) is 0.687. The molecule has 148 valence electrons. The first-order chi connectivity index (χ1) is 14.0. The number of halogens is 1. The maximum Gasteiger partial charge on any atom is 0.261 e. The number of aliphatic hydroxyl groups is 1. The van der Waals surface area contributed by atoms with Gasteiger partial charge in [0.2, 0.25) is 0 Å². The van der Waals surface area contributed by atoms with Crippen molar-refractivity contribution >= 4 is 28.3 Å². The van der Waals surface area contributed by atoms with Crippen LogP contribution in [0.5, 0.6) is 0 Å². The first-order valence-electron chi connectivity index (χ1n) is 9.38. The Bertz CT molecular complexity index is 1200. The minimum absolute atomic E-state index is 0.209. The highest BCUT2D eigenvalue weighted by Crippen LogP contribution is 2.31. The van der Waals surface area contributed by atoms with Crippen molar-refractivity contribution in [2.24, 2.45) is 5.92 Å². The summed E-state index contributed by atoms with van der Waals surface area (Å²) in [6, 6.07) is 8.56. The van der Waals surface area contributed by atoms with Crippen molar-refractivity contribution in [1.82, 2.24) is 14.5 Å². The number of allylic oxidation sites excluding steroid dienone is 3. The van der Waals surface area contributed by atoms with E-state index in [1.807, 2.05) is 37.3 Å². The Hall–Kier alpha value is -2.96. The second-order valence-electron chi connectivity index (χ2n) is 7.23. The molecule has 0 aliphatic heterocycles. The van der Waals surface area contributed by atoms with Crippen molar-refractivity contribution < 1.29 is 5.11 Å². The van der Waals surface area contributed by atoms with Gasteiger partial charge in [-0.3, -0.25) is 9.36 Å². The van der Waals surface area contributed by atoms with Gasteiger partial charge < -0.3 is 10.8 Å². The molecule has 6 nitrogen and oxygen atoms in total. The zero-order valence-corrected chi connectivity index (χ0v) is 16.7. The number of hydrogen-bond donors (Lipinski definition) is 2. The molecule has 4 rings (SSSR count). The number of benzene rings is 1. The van der Waals surface area contributed by atoms with Gasteiger partial charge in [-0.15, -0.1) is 0 Å². The van der Waals surface area contributed by atoms with Crippen LogP contribution in [0.4, 0.5) is 5.82 Å². The number of aliphatic hydroxyl groups excluding tert-OH is 1. The summed E-state index contributed by atoms with van der Waals surface area (Å²) < 4.78 is 1.47. The van der Waals surface area contributed by atoms with Crippen LogP contribution < -0.4 is 11.3 Å². The molecule has 7 heteroatoms. The van der Waals surface area contributed by atoms with Crippen LogP contribution in [0.1, 0.15) is 19.4 Å². The minimum Gasteiger partial charge on any atom is -0.394 e. The number of nitrogens with two attached hydrogens (primary N) is 1. The molecule has 0 saturated carbocycles. The molecule has 0 amide bonds. The van der Waals surface area contributed by atoms with Gasteiger partial charge in [-0.1, -0.05) is 30.7 Å². The molecule has 29 heavy (non-hydrogen) atoms. The number of hydrogen-bond acceptors (Lipinski definition) is 5. The first kappa shape index (κ1) is 19.4. The van der Waals surface area contributed by atoms with Crippen LogP contribution in [0.25, 0.3) is 22.0 Å². The molecule has 0 radical (unpaired) electrons. The van der Waals surface area contributed by atoms with E-state index >= 15 is 0 Å². The van der Waals surface area contributed by atoms with E-state index < -0.39 is 6.04 Å². The number of nitrogen functional groups attached to an aromatic ring is 1. The van der Waals surface area contributed by atoms with E-state index in [0.717, 1.165) is 28.2 Å². The first-order valence-corrected chi connectivity index (χ1v) is 9.76. The average molecular weight is 409 g/mol. The highest BCUT2D eigenvalue weighted by atomic mass is 35.5. The fourth-order valence-electron chi connectivity index (χ4n) is 3.54. The third-order valence-corrected chi connectivity index (χ3v) is 5.76. The van der Waals surface area contributed by atoms with Crippen molar-refractivity contribution in [2.45, 2.75) is 19.4 Å². The molecule has 2 heterocycles. The Balaban J connectivity index is 1.76. The van der Waals surface area contributed by atoms with E-state index in [9.17, 15) is 9.90 Å². The second-order valence-corrected chi connectivity index (χ2v) is 7.66. The van der Waals surface area contributed by atoms with Crippen LogP contribution in [0, 0.1) is 5.92 Å². The summed E-state index contributed by atoms with van der Waals surface area (Å²) in [4.78, 5) is 21.6. The molecule has 2 aromatic heterocycles. The van der Waals surface area contributed by atoms with Gasteiger partial charge in [0.25, 0.3) is 5.56 Å². The summed E-state index contributed by atoms with van der Waals surface area (Å²) >= 11 is 6.29. The molecule has 0 bridgehead atoms. The lowest BCUT2D eigenvalue weighted by atomic mass is 9.94. The van der Waals surface area contributed by atoms with Gasteiger partial charge >= 0.3 is 0 Å². The fourth-order valence-corrected chi connectivity index (χ4v) is 3.75. The molecule has 2 atom stereocenters. The van der Waals surface area contributed by atoms with E-state index in [4.69, 9.17) is 17.3 Å². The van der Waals surface area contributed by atoms with Crippen molar-refractivity contribution in [2.75, 3.05) is 12.3 Å². The Morgan fingerprint density at radius 3 is 2.79 bits per heavy atom. The maximum absolute atomic E-state index is 13.1. The number of aromatic nitrogens is 3. The average Bonchev–Trinajstić information content (AvgIpc) is 2.72. The van der Waals surface area contributed by atoms with E-state index in [0.29, 0.717) is 16.7 Å². The molecule has 0 fully saturated rings. The Labute approximate surface area is 173 Å². The lowest BCUT2D eigenvalue weighted by molar-refractivity contribution is 0.245. The third kappa shape index (κ3) is 3.69. The summed E-state index contributed by atoms with van der Waals surface area (Å²) in [5.41, 5.74) is 8.76. The van der Waals surface area contributed by atoms with Crippen molar-refractivity contribution in [1.29, 1.82) is 0 Å². The number of anilines is 1. The number of pyridine rings is 1. The number of rotatable bonds is 4. The van der Waals surface area contributed by atoms with E-state index in [-0.39, 0.29) is 18.1 Å². The van der Waals surface area contributed by atoms with Gasteiger partial charge in [0, 0.05) is 11.2 Å². The lowest BCUT2D eigenvalue weighted by Crippen LogP contribution is -2.29. The van der Waals surface area contributed by atoms with Crippen molar-refractivity contribution in [3.63, 3.8) is 0 Å². The van der Waals surface area contributed by atoms with Crippen molar-refractivity contribution in [3.05, 3.63) is 76.0 Å². The molecule has 1 aromatic carbocycles. The largest absolute Gasteiger partial charge is 0.394 e. The zero-order chi connectivity index (χ0) is 20.5. The lowest BCUT2D eigenvalue weighted by Gasteiger charge is -2.23. The van der Waals surface area contributed by atoms with Crippen LogP contribution >= 0.6 is 11.6 Å². The molecule has 1 aliphatic rings. The summed E-state index contributed by atoms with van der Waals surface area (Å²) in [6.07, 6.45) is 7.75. The summed E-state index contributed by atoms with van der Waals surface area (Å²) in [6.45, 7) is 1.82. The van der Waals surface area contributed by atoms with Crippen molar-refractivity contribution in [3.8, 4) is 11.1 Å². The van der Waals surface area contributed by atoms with Crippen LogP contribution in [0.15, 0.2) is 70.4 Å². The summed E-state index contributed by atoms with van der Waals surface area (Å²) in [5, 5.41) is 11.2. The molecular weight excluding hydrogens is 388 g/mol. The van der Waals surface area contributed by atoms with Crippen LogP contribution in [0.2, 0.25) is 0 Å². The smallest absolute Gasteiger partial charge is 0.261 e. The van der Waals surface area contributed by atoms with E-state index in [2.05, 4.69) is 9.97 Å². The summed E-state index contributed by atoms with van der Waals surface area (Å²) in [5.74, 6) is 0.672. The summed E-state index contributed by atoms with van der Waals surface area (Å²) in [7, 11) is 0. The standard InChI is InChI=1S/C22H21ClN4O2/c1-13-2-3-16(8-18(13)23)20(11-28)27-12-26-19-9-14(4-5-17(19)22(27)29)15-6-7-25-21(24)10-15/h3-10,12-13,20,28H,2,11H2,1H3,(H2,24,25). The molecule has 1 aliphatic carbocycles. The molecule has 0 spiro atoms. The predicted octanol–water partition coefficient (Wildman–Crippen LogP) is 3.66. The minimum atomic E-state index is -0.527. The van der Waals surface area contributed by atoms with Gasteiger partial charge in [-0.05, 0) is 59.4 Å². The normalized spacial score (nSPS) is 17.7.